The van der Waals surface area contributed by atoms with Crippen LogP contribution < -0.4 is 4.72 Å². The van der Waals surface area contributed by atoms with Gasteiger partial charge in [-0.15, -0.1) is 0 Å². The minimum absolute atomic E-state index is 0.150. The van der Waals surface area contributed by atoms with Gasteiger partial charge in [-0.1, -0.05) is 61.9 Å². The molecule has 0 aliphatic carbocycles. The van der Waals surface area contributed by atoms with Crippen LogP contribution in [0.5, 0.6) is 0 Å². The predicted molar refractivity (Wildman–Crippen MR) is 105 cm³/mol. The van der Waals surface area contributed by atoms with Crippen molar-refractivity contribution in [3.8, 4) is 16.9 Å². The van der Waals surface area contributed by atoms with E-state index in [9.17, 15) is 8.42 Å². The van der Waals surface area contributed by atoms with Gasteiger partial charge < -0.3 is 0 Å². The Morgan fingerprint density at radius 1 is 1.00 bits per heavy atom. The van der Waals surface area contributed by atoms with Gasteiger partial charge in [-0.25, -0.2) is 17.8 Å². The number of hydrogen-bond donors (Lipinski definition) is 1. The van der Waals surface area contributed by atoms with Crippen molar-refractivity contribution in [2.24, 2.45) is 0 Å². The van der Waals surface area contributed by atoms with E-state index in [2.05, 4.69) is 4.72 Å². The first-order chi connectivity index (χ1) is 12.6. The number of nitrogens with zero attached hydrogens (tertiary/aromatic N) is 2. The van der Waals surface area contributed by atoms with Crippen molar-refractivity contribution in [2.75, 3.05) is 5.75 Å². The van der Waals surface area contributed by atoms with Crippen LogP contribution in [0.3, 0.4) is 0 Å². The van der Waals surface area contributed by atoms with Gasteiger partial charge in [-0.2, -0.15) is 5.10 Å². The van der Waals surface area contributed by atoms with Crippen molar-refractivity contribution in [3.05, 3.63) is 72.4 Å². The van der Waals surface area contributed by atoms with E-state index >= 15 is 0 Å². The fourth-order valence-electron chi connectivity index (χ4n) is 2.69. The van der Waals surface area contributed by atoms with Crippen molar-refractivity contribution in [3.63, 3.8) is 0 Å². The highest BCUT2D eigenvalue weighted by atomic mass is 32.2. The minimum atomic E-state index is -3.28. The molecule has 26 heavy (non-hydrogen) atoms. The Labute approximate surface area is 154 Å². The van der Waals surface area contributed by atoms with E-state index in [4.69, 9.17) is 5.10 Å². The third-order valence-electron chi connectivity index (χ3n) is 4.11. The normalized spacial score (nSPS) is 11.6. The molecule has 3 aromatic rings. The highest BCUT2D eigenvalue weighted by Crippen LogP contribution is 2.23. The second kappa shape index (κ2) is 8.29. The van der Waals surface area contributed by atoms with Crippen LogP contribution in [-0.2, 0) is 16.6 Å². The lowest BCUT2D eigenvalue weighted by molar-refractivity contribution is 0.578. The molecule has 0 aliphatic heterocycles. The van der Waals surface area contributed by atoms with Gasteiger partial charge in [-0.05, 0) is 18.6 Å². The van der Waals surface area contributed by atoms with Crippen LogP contribution in [-0.4, -0.2) is 24.0 Å². The maximum absolute atomic E-state index is 12.1. The molecule has 3 rings (SSSR count). The zero-order valence-corrected chi connectivity index (χ0v) is 15.6. The molecule has 1 N–H and O–H groups in total. The second-order valence-electron chi connectivity index (χ2n) is 6.14. The lowest BCUT2D eigenvalue weighted by Gasteiger charge is -2.06. The van der Waals surface area contributed by atoms with E-state index in [0.717, 1.165) is 28.9 Å². The molecule has 0 atom stereocenters. The van der Waals surface area contributed by atoms with Gasteiger partial charge in [0.2, 0.25) is 10.0 Å². The third kappa shape index (κ3) is 4.59. The van der Waals surface area contributed by atoms with E-state index < -0.39 is 10.0 Å². The third-order valence-corrected chi connectivity index (χ3v) is 5.52. The Morgan fingerprint density at radius 2 is 1.65 bits per heavy atom. The zero-order chi connectivity index (χ0) is 18.4. The molecule has 0 saturated carbocycles. The summed E-state index contributed by atoms with van der Waals surface area (Å²) in [7, 11) is -3.28. The predicted octanol–water partition coefficient (Wildman–Crippen LogP) is 3.76. The Morgan fingerprint density at radius 3 is 2.31 bits per heavy atom. The van der Waals surface area contributed by atoms with Crippen molar-refractivity contribution < 1.29 is 8.42 Å². The molecule has 2 aromatic carbocycles. The molecule has 5 nitrogen and oxygen atoms in total. The molecule has 0 amide bonds. The van der Waals surface area contributed by atoms with Gasteiger partial charge in [0, 0.05) is 23.9 Å². The number of benzene rings is 2. The van der Waals surface area contributed by atoms with E-state index in [-0.39, 0.29) is 12.3 Å². The molecular formula is C20H23N3O2S. The number of sulfonamides is 1. The van der Waals surface area contributed by atoms with Gasteiger partial charge >= 0.3 is 0 Å². The van der Waals surface area contributed by atoms with Crippen molar-refractivity contribution >= 4 is 10.0 Å². The van der Waals surface area contributed by atoms with E-state index in [1.165, 1.54) is 0 Å². The zero-order valence-electron chi connectivity index (χ0n) is 14.8. The summed E-state index contributed by atoms with van der Waals surface area (Å²) < 4.78 is 28.8. The first-order valence-electron chi connectivity index (χ1n) is 8.76. The standard InChI is InChI=1S/C20H23N3O2S/c1-2-3-14-26(24,25)21-15-18-16-23(19-12-8-5-9-13-19)22-20(18)17-10-6-4-7-11-17/h4-13,16,21H,2-3,14-15H2,1H3. The van der Waals surface area contributed by atoms with Gasteiger partial charge in [0.15, 0.2) is 0 Å². The molecule has 0 fully saturated rings. The summed E-state index contributed by atoms with van der Waals surface area (Å²) in [4.78, 5) is 0. The topological polar surface area (TPSA) is 64.0 Å². The van der Waals surface area contributed by atoms with E-state index in [1.807, 2.05) is 73.8 Å². The first-order valence-corrected chi connectivity index (χ1v) is 10.4. The van der Waals surface area contributed by atoms with Crippen molar-refractivity contribution in [2.45, 2.75) is 26.3 Å². The Hall–Kier alpha value is -2.44. The summed E-state index contributed by atoms with van der Waals surface area (Å²) in [5.41, 5.74) is 3.53. The summed E-state index contributed by atoms with van der Waals surface area (Å²) in [5.74, 6) is 0.150. The Balaban J connectivity index is 1.91. The second-order valence-corrected chi connectivity index (χ2v) is 8.07. The molecule has 136 valence electrons. The molecule has 0 bridgehead atoms. The number of unbranched alkanes of at least 4 members (excludes halogenated alkanes) is 1. The van der Waals surface area contributed by atoms with Gasteiger partial charge in [0.1, 0.15) is 0 Å². The summed E-state index contributed by atoms with van der Waals surface area (Å²) in [5, 5.41) is 4.70. The van der Waals surface area contributed by atoms with Gasteiger partial charge in [-0.3, -0.25) is 0 Å². The Bertz CT molecular complexity index is 936. The van der Waals surface area contributed by atoms with Crippen LogP contribution in [0.25, 0.3) is 16.9 Å². The maximum Gasteiger partial charge on any atom is 0.211 e. The fraction of sp³-hybridized carbons (Fsp3) is 0.250. The van der Waals surface area contributed by atoms with Crippen LogP contribution in [0.1, 0.15) is 25.3 Å². The van der Waals surface area contributed by atoms with E-state index in [1.54, 1.807) is 4.68 Å². The molecule has 1 aromatic heterocycles. The highest BCUT2D eigenvalue weighted by molar-refractivity contribution is 7.89. The average Bonchev–Trinajstić information content (AvgIpc) is 3.11. The maximum atomic E-state index is 12.1. The molecular weight excluding hydrogens is 346 g/mol. The average molecular weight is 369 g/mol. The van der Waals surface area contributed by atoms with Crippen LogP contribution in [0.4, 0.5) is 0 Å². The smallest absolute Gasteiger partial charge is 0.211 e. The van der Waals surface area contributed by atoms with Crippen molar-refractivity contribution in [1.82, 2.24) is 14.5 Å². The van der Waals surface area contributed by atoms with Gasteiger partial charge in [0.25, 0.3) is 0 Å². The lowest BCUT2D eigenvalue weighted by atomic mass is 10.1. The van der Waals surface area contributed by atoms with Crippen LogP contribution >= 0.6 is 0 Å². The van der Waals surface area contributed by atoms with E-state index in [0.29, 0.717) is 6.42 Å². The minimum Gasteiger partial charge on any atom is -0.240 e. The quantitative estimate of drug-likeness (QED) is 0.657. The van der Waals surface area contributed by atoms with Crippen molar-refractivity contribution in [1.29, 1.82) is 0 Å². The Kier molecular flexibility index (Phi) is 5.85. The SMILES string of the molecule is CCCCS(=O)(=O)NCc1cn(-c2ccccc2)nc1-c1ccccc1. The molecule has 0 saturated heterocycles. The summed E-state index contributed by atoms with van der Waals surface area (Å²) in [6.45, 7) is 2.20. The number of rotatable bonds is 8. The largest absolute Gasteiger partial charge is 0.240 e. The van der Waals surface area contributed by atoms with Crippen LogP contribution in [0, 0.1) is 0 Å². The summed E-state index contributed by atoms with van der Waals surface area (Å²) >= 11 is 0. The number of nitrogens with one attached hydrogen (secondary N) is 1. The first kappa shape index (κ1) is 18.4. The summed E-state index contributed by atoms with van der Waals surface area (Å²) in [6, 6.07) is 19.6. The van der Waals surface area contributed by atoms with Gasteiger partial charge in [0.05, 0.1) is 17.1 Å². The molecule has 0 radical (unpaired) electrons. The number of aromatic nitrogens is 2. The molecule has 1 heterocycles. The summed E-state index contributed by atoms with van der Waals surface area (Å²) in [6.07, 6.45) is 3.40. The molecule has 0 spiro atoms. The number of para-hydroxylation sites is 1. The fourth-order valence-corrected chi connectivity index (χ4v) is 3.87. The van der Waals surface area contributed by atoms with Crippen LogP contribution in [0.2, 0.25) is 0 Å². The highest BCUT2D eigenvalue weighted by Gasteiger charge is 2.15. The number of hydrogen-bond acceptors (Lipinski definition) is 3. The molecule has 6 heteroatoms. The molecule has 0 aliphatic rings. The lowest BCUT2D eigenvalue weighted by Crippen LogP contribution is -2.25. The monoisotopic (exact) mass is 369 g/mol. The molecule has 0 unspecified atom stereocenters. The van der Waals surface area contributed by atoms with Crippen LogP contribution in [0.15, 0.2) is 66.9 Å².